The number of para-hydroxylation sites is 5. The van der Waals surface area contributed by atoms with Crippen molar-refractivity contribution in [1.29, 1.82) is 0 Å². The summed E-state index contributed by atoms with van der Waals surface area (Å²) >= 11 is 0. The molecule has 0 amide bonds. The van der Waals surface area contributed by atoms with Crippen LogP contribution in [0.2, 0.25) is 0 Å². The van der Waals surface area contributed by atoms with E-state index in [9.17, 15) is 0 Å². The number of nitrogens with zero attached hydrogens (tertiary/aromatic N) is 2. The van der Waals surface area contributed by atoms with Crippen molar-refractivity contribution in [3.63, 3.8) is 0 Å². The Balaban J connectivity index is 1.13. The summed E-state index contributed by atoms with van der Waals surface area (Å²) in [5, 5.41) is 5.07. The van der Waals surface area contributed by atoms with Crippen LogP contribution in [0.3, 0.4) is 0 Å². The van der Waals surface area contributed by atoms with Gasteiger partial charge in [-0.25, -0.2) is 0 Å². The van der Waals surface area contributed by atoms with Gasteiger partial charge in [0.1, 0.15) is 0 Å². The normalized spacial score (nSPS) is 17.4. The number of fused-ring (bicyclic) bond motifs is 11. The molecular formula is C55H37N2OP. The Morgan fingerprint density at radius 2 is 0.949 bits per heavy atom. The average Bonchev–Trinajstić information content (AvgIpc) is 3.65. The quantitative estimate of drug-likeness (QED) is 0.163. The largest absolute Gasteiger partial charge is 0.311 e. The van der Waals surface area contributed by atoms with Crippen LogP contribution in [0.15, 0.2) is 224 Å². The molecule has 2 aliphatic heterocycles. The smallest absolute Gasteiger partial charge is 0.171 e. The topological polar surface area (TPSA) is 25.2 Å². The Kier molecular flexibility index (Phi) is 7.42. The molecule has 278 valence electrons. The van der Waals surface area contributed by atoms with E-state index < -0.39 is 12.6 Å². The van der Waals surface area contributed by atoms with Gasteiger partial charge in [0, 0.05) is 43.7 Å². The van der Waals surface area contributed by atoms with Gasteiger partial charge in [-0.2, -0.15) is 0 Å². The molecule has 2 unspecified atom stereocenters. The SMILES string of the molecule is O=P1(c2ccccc2)c2ccccc2C2(c3ccccc3-n3c4ccccc4c4cccc2c43)c2ccc(-c3ccc(N(c4ccccc4)c4ccccc4)cc3)cc21. The van der Waals surface area contributed by atoms with Crippen molar-refractivity contribution < 1.29 is 4.57 Å². The number of hydrogen-bond acceptors (Lipinski definition) is 2. The molecule has 2 atom stereocenters. The maximum absolute atomic E-state index is 16.7. The van der Waals surface area contributed by atoms with Crippen LogP contribution in [0.5, 0.6) is 0 Å². The van der Waals surface area contributed by atoms with E-state index in [1.54, 1.807) is 0 Å². The monoisotopic (exact) mass is 772 g/mol. The molecule has 3 nitrogen and oxygen atoms in total. The standard InChI is InChI=1S/C55H37N2OP/c58-59(43-21-8-3-9-22-43)52-30-15-12-26-47(52)55(46-25-11-14-29-51(46)57-50-28-13-10-23-44(50)45-24-16-27-49(55)54(45)57)48-36-33-39(37-53(48)59)38-31-34-42(35-32-38)56(40-17-4-1-5-18-40)41-19-6-2-7-20-41/h1-37H. The zero-order valence-corrected chi connectivity index (χ0v) is 33.0. The predicted octanol–water partition coefficient (Wildman–Crippen LogP) is 12.6. The van der Waals surface area contributed by atoms with Gasteiger partial charge >= 0.3 is 0 Å². The molecule has 2 aliphatic rings. The van der Waals surface area contributed by atoms with Crippen LogP contribution in [-0.2, 0) is 9.98 Å². The van der Waals surface area contributed by atoms with Gasteiger partial charge in [0.2, 0.25) is 0 Å². The molecule has 4 heteroatoms. The van der Waals surface area contributed by atoms with E-state index in [0.29, 0.717) is 0 Å². The van der Waals surface area contributed by atoms with Crippen molar-refractivity contribution >= 4 is 61.9 Å². The molecule has 3 heterocycles. The average molecular weight is 773 g/mol. The number of hydrogen-bond donors (Lipinski definition) is 0. The third kappa shape index (κ3) is 4.68. The van der Waals surface area contributed by atoms with Gasteiger partial charge in [0.15, 0.2) is 7.14 Å². The van der Waals surface area contributed by atoms with E-state index in [1.807, 2.05) is 18.2 Å². The predicted molar refractivity (Wildman–Crippen MR) is 246 cm³/mol. The minimum Gasteiger partial charge on any atom is -0.311 e. The van der Waals surface area contributed by atoms with Gasteiger partial charge < -0.3 is 14.0 Å². The molecule has 59 heavy (non-hydrogen) atoms. The second-order valence-corrected chi connectivity index (χ2v) is 18.3. The van der Waals surface area contributed by atoms with Gasteiger partial charge in [-0.15, -0.1) is 0 Å². The number of anilines is 3. The van der Waals surface area contributed by atoms with E-state index in [-0.39, 0.29) is 0 Å². The first-order valence-electron chi connectivity index (χ1n) is 20.2. The molecule has 1 spiro atoms. The van der Waals surface area contributed by atoms with E-state index >= 15 is 4.57 Å². The molecule has 0 saturated heterocycles. The number of benzene rings is 9. The van der Waals surface area contributed by atoms with E-state index in [2.05, 4.69) is 216 Å². The Morgan fingerprint density at radius 1 is 0.407 bits per heavy atom. The zero-order valence-electron chi connectivity index (χ0n) is 32.1. The highest BCUT2D eigenvalue weighted by atomic mass is 31.2. The lowest BCUT2D eigenvalue weighted by Gasteiger charge is -2.47. The first-order valence-corrected chi connectivity index (χ1v) is 21.9. The zero-order chi connectivity index (χ0) is 39.1. The van der Waals surface area contributed by atoms with Gasteiger partial charge in [0.25, 0.3) is 0 Å². The van der Waals surface area contributed by atoms with E-state index in [4.69, 9.17) is 0 Å². The van der Waals surface area contributed by atoms with Crippen LogP contribution in [0.25, 0.3) is 38.6 Å². The second-order valence-electron chi connectivity index (χ2n) is 15.6. The van der Waals surface area contributed by atoms with Crippen molar-refractivity contribution in [2.45, 2.75) is 5.41 Å². The summed E-state index contributed by atoms with van der Waals surface area (Å²) in [4.78, 5) is 2.28. The fourth-order valence-electron chi connectivity index (χ4n) is 10.2. The summed E-state index contributed by atoms with van der Waals surface area (Å²) in [5.41, 5.74) is 12.7. The minimum atomic E-state index is -3.41. The Morgan fingerprint density at radius 3 is 1.69 bits per heavy atom. The third-order valence-electron chi connectivity index (χ3n) is 12.6. The first-order chi connectivity index (χ1) is 29.2. The van der Waals surface area contributed by atoms with Crippen LogP contribution in [0, 0.1) is 0 Å². The van der Waals surface area contributed by atoms with Crippen molar-refractivity contribution in [1.82, 2.24) is 4.57 Å². The summed E-state index contributed by atoms with van der Waals surface area (Å²) in [6.07, 6.45) is 0. The third-order valence-corrected chi connectivity index (χ3v) is 15.8. The van der Waals surface area contributed by atoms with E-state index in [0.717, 1.165) is 60.9 Å². The molecule has 9 aromatic carbocycles. The van der Waals surface area contributed by atoms with Crippen molar-refractivity contribution in [3.8, 4) is 16.8 Å². The molecule has 12 rings (SSSR count). The number of aromatic nitrogens is 1. The molecular weight excluding hydrogens is 736 g/mol. The summed E-state index contributed by atoms with van der Waals surface area (Å²) in [6.45, 7) is 0. The van der Waals surface area contributed by atoms with Gasteiger partial charge in [0.05, 0.1) is 22.1 Å². The molecule has 1 aromatic heterocycles. The summed E-state index contributed by atoms with van der Waals surface area (Å²) in [7, 11) is -3.41. The Hall–Kier alpha value is -7.19. The Labute approximate surface area is 343 Å². The van der Waals surface area contributed by atoms with Crippen LogP contribution in [-0.4, -0.2) is 4.57 Å². The van der Waals surface area contributed by atoms with Crippen molar-refractivity contribution in [3.05, 3.63) is 247 Å². The Bertz CT molecular complexity index is 3260. The molecule has 0 radical (unpaired) electrons. The second kappa shape index (κ2) is 12.9. The maximum atomic E-state index is 16.7. The fourth-order valence-corrected chi connectivity index (χ4v) is 13.4. The molecule has 10 aromatic rings. The lowest BCUT2D eigenvalue weighted by molar-refractivity contribution is 0.590. The van der Waals surface area contributed by atoms with Crippen LogP contribution in [0.4, 0.5) is 17.1 Å². The highest BCUT2D eigenvalue weighted by Crippen LogP contribution is 2.61. The van der Waals surface area contributed by atoms with E-state index in [1.165, 1.54) is 32.9 Å². The lowest BCUT2D eigenvalue weighted by Crippen LogP contribution is -2.48. The maximum Gasteiger partial charge on any atom is 0.171 e. The molecule has 0 bridgehead atoms. The summed E-state index contributed by atoms with van der Waals surface area (Å²) in [5.74, 6) is 0. The molecule has 0 fully saturated rings. The van der Waals surface area contributed by atoms with Crippen molar-refractivity contribution in [2.75, 3.05) is 4.90 Å². The molecule has 0 saturated carbocycles. The highest BCUT2D eigenvalue weighted by molar-refractivity contribution is 7.85. The van der Waals surface area contributed by atoms with Crippen LogP contribution >= 0.6 is 7.14 Å². The fraction of sp³-hybridized carbons (Fsp3) is 0.0182. The highest BCUT2D eigenvalue weighted by Gasteiger charge is 2.54. The summed E-state index contributed by atoms with van der Waals surface area (Å²) in [6, 6.07) is 79.6. The minimum absolute atomic E-state index is 0.733. The first kappa shape index (κ1) is 33.9. The van der Waals surface area contributed by atoms with Crippen molar-refractivity contribution in [2.24, 2.45) is 0 Å². The van der Waals surface area contributed by atoms with Crippen LogP contribution < -0.4 is 20.8 Å². The summed E-state index contributed by atoms with van der Waals surface area (Å²) < 4.78 is 19.1. The van der Waals surface area contributed by atoms with Gasteiger partial charge in [-0.1, -0.05) is 170 Å². The molecule has 0 N–H and O–H groups in total. The van der Waals surface area contributed by atoms with Gasteiger partial charge in [-0.05, 0) is 88.0 Å². The number of rotatable bonds is 5. The van der Waals surface area contributed by atoms with Gasteiger partial charge in [-0.3, -0.25) is 0 Å². The van der Waals surface area contributed by atoms with Crippen LogP contribution in [0.1, 0.15) is 22.3 Å². The molecule has 0 aliphatic carbocycles. The lowest BCUT2D eigenvalue weighted by atomic mass is 9.62.